The lowest BCUT2D eigenvalue weighted by Crippen LogP contribution is -2.39. The number of aromatic nitrogens is 2. The molecule has 0 N–H and O–H groups in total. The summed E-state index contributed by atoms with van der Waals surface area (Å²) in [4.78, 5) is 33.0. The van der Waals surface area contributed by atoms with Crippen LogP contribution >= 0.6 is 27.3 Å². The van der Waals surface area contributed by atoms with E-state index in [0.29, 0.717) is 20.6 Å². The van der Waals surface area contributed by atoms with Gasteiger partial charge < -0.3 is 9.30 Å². The molecule has 0 aliphatic carbocycles. The molecule has 6 aromatic rings. The van der Waals surface area contributed by atoms with Gasteiger partial charge in [0.05, 0.1) is 39.8 Å². The maximum atomic E-state index is 14.4. The fourth-order valence-electron chi connectivity index (χ4n) is 6.09. The van der Waals surface area contributed by atoms with Crippen molar-refractivity contribution in [1.82, 2.24) is 9.13 Å². The number of allylic oxidation sites excluding steroid dienone is 1. The van der Waals surface area contributed by atoms with Crippen molar-refractivity contribution < 1.29 is 9.53 Å². The Morgan fingerprint density at radius 1 is 0.894 bits per heavy atom. The van der Waals surface area contributed by atoms with Gasteiger partial charge in [-0.05, 0) is 66.9 Å². The third-order valence-corrected chi connectivity index (χ3v) is 9.66. The number of halogens is 1. The first-order valence-electron chi connectivity index (χ1n) is 15.3. The lowest BCUT2D eigenvalue weighted by Gasteiger charge is -2.24. The Kier molecular flexibility index (Phi) is 8.45. The lowest BCUT2D eigenvalue weighted by molar-refractivity contribution is -0.139. The monoisotopic (exact) mass is 699 g/mol. The Hall–Kier alpha value is -5.05. The molecule has 1 aliphatic heterocycles. The molecule has 1 aliphatic rings. The topological polar surface area (TPSA) is 65.6 Å². The lowest BCUT2D eigenvalue weighted by atomic mass is 9.96. The van der Waals surface area contributed by atoms with Gasteiger partial charge in [0.1, 0.15) is 0 Å². The zero-order valence-corrected chi connectivity index (χ0v) is 28.2. The summed E-state index contributed by atoms with van der Waals surface area (Å²) in [6, 6.07) is 39.8. The van der Waals surface area contributed by atoms with Gasteiger partial charge in [-0.2, -0.15) is 0 Å². The van der Waals surface area contributed by atoms with Gasteiger partial charge in [-0.3, -0.25) is 9.36 Å². The van der Waals surface area contributed by atoms with Crippen molar-refractivity contribution in [3.8, 4) is 28.2 Å². The second-order valence-electron chi connectivity index (χ2n) is 11.1. The van der Waals surface area contributed by atoms with E-state index in [9.17, 15) is 9.59 Å². The molecule has 3 heterocycles. The summed E-state index contributed by atoms with van der Waals surface area (Å²) in [5, 5.41) is 0. The van der Waals surface area contributed by atoms with Crippen LogP contribution in [-0.2, 0) is 9.53 Å². The first kappa shape index (κ1) is 30.6. The molecule has 4 aromatic carbocycles. The van der Waals surface area contributed by atoms with Crippen molar-refractivity contribution in [3.63, 3.8) is 0 Å². The smallest absolute Gasteiger partial charge is 0.338 e. The van der Waals surface area contributed by atoms with Gasteiger partial charge in [0.2, 0.25) is 0 Å². The molecule has 0 bridgehead atoms. The number of nitrogens with zero attached hydrogens (tertiary/aromatic N) is 3. The van der Waals surface area contributed by atoms with E-state index < -0.39 is 12.0 Å². The summed E-state index contributed by atoms with van der Waals surface area (Å²) < 4.78 is 10.8. The summed E-state index contributed by atoms with van der Waals surface area (Å²) in [6.07, 6.45) is 1.96. The van der Waals surface area contributed by atoms with Crippen LogP contribution in [0.2, 0.25) is 0 Å². The average molecular weight is 701 g/mol. The fourth-order valence-corrected chi connectivity index (χ4v) is 7.40. The van der Waals surface area contributed by atoms with Crippen molar-refractivity contribution in [3.05, 3.63) is 168 Å². The molecular weight excluding hydrogens is 670 g/mol. The van der Waals surface area contributed by atoms with Crippen molar-refractivity contribution in [2.24, 2.45) is 4.99 Å². The van der Waals surface area contributed by atoms with Crippen LogP contribution in [0, 0.1) is 0 Å². The third-order valence-electron chi connectivity index (χ3n) is 8.15. The third kappa shape index (κ3) is 5.75. The summed E-state index contributed by atoms with van der Waals surface area (Å²) in [7, 11) is 0. The molecule has 8 heteroatoms. The van der Waals surface area contributed by atoms with E-state index in [-0.39, 0.29) is 12.2 Å². The van der Waals surface area contributed by atoms with Crippen LogP contribution in [0.15, 0.2) is 147 Å². The molecule has 0 amide bonds. The van der Waals surface area contributed by atoms with E-state index >= 15 is 0 Å². The van der Waals surface area contributed by atoms with E-state index in [1.807, 2.05) is 84.9 Å². The summed E-state index contributed by atoms with van der Waals surface area (Å²) >= 11 is 4.91. The molecule has 0 spiro atoms. The van der Waals surface area contributed by atoms with E-state index in [4.69, 9.17) is 9.73 Å². The minimum Gasteiger partial charge on any atom is -0.463 e. The van der Waals surface area contributed by atoms with Crippen LogP contribution in [0.25, 0.3) is 34.3 Å². The molecule has 47 heavy (non-hydrogen) atoms. The molecule has 232 valence electrons. The highest BCUT2D eigenvalue weighted by molar-refractivity contribution is 9.10. The number of thiazole rings is 1. The zero-order chi connectivity index (χ0) is 32.5. The van der Waals surface area contributed by atoms with E-state index in [1.165, 1.54) is 11.3 Å². The summed E-state index contributed by atoms with van der Waals surface area (Å²) in [5.74, 6) is -0.470. The number of fused-ring (bicyclic) bond motifs is 1. The zero-order valence-electron chi connectivity index (χ0n) is 25.8. The molecule has 0 unspecified atom stereocenters. The van der Waals surface area contributed by atoms with Crippen molar-refractivity contribution in [2.75, 3.05) is 6.61 Å². The van der Waals surface area contributed by atoms with Gasteiger partial charge in [-0.15, -0.1) is 0 Å². The Bertz CT molecular complexity index is 2300. The van der Waals surface area contributed by atoms with Crippen LogP contribution in [0.4, 0.5) is 0 Å². The van der Waals surface area contributed by atoms with Crippen LogP contribution in [0.3, 0.4) is 0 Å². The Morgan fingerprint density at radius 3 is 2.15 bits per heavy atom. The number of ether oxygens (including phenoxy) is 1. The van der Waals surface area contributed by atoms with E-state index in [2.05, 4.69) is 63.0 Å². The number of benzene rings is 4. The van der Waals surface area contributed by atoms with Crippen LogP contribution in [0.5, 0.6) is 0 Å². The Labute approximate surface area is 284 Å². The maximum absolute atomic E-state index is 14.4. The molecule has 0 saturated heterocycles. The number of carbonyl (C=O) groups excluding carboxylic acids is 1. The Morgan fingerprint density at radius 2 is 1.51 bits per heavy atom. The summed E-state index contributed by atoms with van der Waals surface area (Å²) in [5.41, 5.74) is 7.41. The Balaban J connectivity index is 1.51. The second kappa shape index (κ2) is 13.0. The molecule has 6 nitrogen and oxygen atoms in total. The highest BCUT2D eigenvalue weighted by Gasteiger charge is 2.33. The molecule has 2 aromatic heterocycles. The number of hydrogen-bond acceptors (Lipinski definition) is 5. The molecule has 0 saturated carbocycles. The first-order valence-corrected chi connectivity index (χ1v) is 16.9. The summed E-state index contributed by atoms with van der Waals surface area (Å²) in [6.45, 7) is 3.80. The highest BCUT2D eigenvalue weighted by atomic mass is 79.9. The number of rotatable bonds is 7. The predicted octanol–water partition coefficient (Wildman–Crippen LogP) is 7.69. The molecule has 7 rings (SSSR count). The number of carbonyl (C=O) groups is 1. The van der Waals surface area contributed by atoms with Crippen molar-refractivity contribution in [1.29, 1.82) is 0 Å². The van der Waals surface area contributed by atoms with Crippen LogP contribution in [-0.4, -0.2) is 21.7 Å². The van der Waals surface area contributed by atoms with Gasteiger partial charge in [-0.25, -0.2) is 9.79 Å². The normalized spacial score (nSPS) is 14.5. The fraction of sp³-hybridized carbons (Fsp3) is 0.103. The standard InChI is InChI=1S/C39H30BrN3O3S/c1-3-46-38(45)34-25(2)41-39-43(36(34)28-17-11-6-12-18-28)37(44)33(47-39)24-29-23-32(26-13-7-4-8-14-26)42(31-21-19-30(40)20-22-31)35(29)27-15-9-5-10-16-27/h4-24,36H,3H2,1-2H3/b33-24-/t36-/m1/s1. The predicted molar refractivity (Wildman–Crippen MR) is 191 cm³/mol. The van der Waals surface area contributed by atoms with Gasteiger partial charge in [0.15, 0.2) is 4.80 Å². The SMILES string of the molecule is CCOC(=O)C1=C(C)N=c2s/c(=C\c3cc(-c4ccccc4)n(-c4ccc(Br)cc4)c3-c3ccccc3)c(=O)n2[C@@H]1c1ccccc1. The van der Waals surface area contributed by atoms with Gasteiger partial charge in [0.25, 0.3) is 5.56 Å². The molecule has 0 fully saturated rings. The van der Waals surface area contributed by atoms with E-state index in [0.717, 1.165) is 43.8 Å². The quantitative estimate of drug-likeness (QED) is 0.161. The molecular formula is C39H30BrN3O3S. The van der Waals surface area contributed by atoms with Crippen LogP contribution < -0.4 is 14.9 Å². The van der Waals surface area contributed by atoms with Crippen molar-refractivity contribution in [2.45, 2.75) is 19.9 Å². The highest BCUT2D eigenvalue weighted by Crippen LogP contribution is 2.37. The molecule has 0 radical (unpaired) electrons. The van der Waals surface area contributed by atoms with E-state index in [1.54, 1.807) is 18.4 Å². The van der Waals surface area contributed by atoms with Gasteiger partial charge in [0, 0.05) is 15.7 Å². The number of esters is 1. The minimum atomic E-state index is -0.658. The average Bonchev–Trinajstić information content (AvgIpc) is 3.62. The van der Waals surface area contributed by atoms with Crippen LogP contribution in [0.1, 0.15) is 31.0 Å². The van der Waals surface area contributed by atoms with Gasteiger partial charge in [-0.1, -0.05) is 118 Å². The maximum Gasteiger partial charge on any atom is 0.338 e. The second-order valence-corrected chi connectivity index (χ2v) is 13.0. The van der Waals surface area contributed by atoms with Gasteiger partial charge >= 0.3 is 5.97 Å². The minimum absolute atomic E-state index is 0.214. The largest absolute Gasteiger partial charge is 0.463 e. The molecule has 1 atom stereocenters. The number of hydrogen-bond donors (Lipinski definition) is 0. The first-order chi connectivity index (χ1) is 22.9. The van der Waals surface area contributed by atoms with Crippen molar-refractivity contribution >= 4 is 39.3 Å².